The van der Waals surface area contributed by atoms with Crippen LogP contribution < -0.4 is 10.2 Å². The van der Waals surface area contributed by atoms with Gasteiger partial charge in [-0.05, 0) is 56.2 Å². The average Bonchev–Trinajstić information content (AvgIpc) is 3.31. The van der Waals surface area contributed by atoms with Gasteiger partial charge in [-0.1, -0.05) is 29.3 Å². The van der Waals surface area contributed by atoms with Crippen molar-refractivity contribution in [1.29, 1.82) is 0 Å². The van der Waals surface area contributed by atoms with Gasteiger partial charge in [-0.15, -0.1) is 0 Å². The molecule has 2 fully saturated rings. The van der Waals surface area contributed by atoms with Crippen molar-refractivity contribution in [2.45, 2.75) is 32.1 Å². The Hall–Kier alpha value is -3.68. The fourth-order valence-corrected chi connectivity index (χ4v) is 4.28. The molecule has 1 N–H and O–H groups in total. The molecule has 1 saturated heterocycles. The molecule has 0 bridgehead atoms. The average molecular weight is 460 g/mol. The molecule has 2 heterocycles. The van der Waals surface area contributed by atoms with Crippen LogP contribution in [-0.2, 0) is 4.79 Å². The summed E-state index contributed by atoms with van der Waals surface area (Å²) < 4.78 is 5.43. The molecule has 2 aromatic carbocycles. The van der Waals surface area contributed by atoms with E-state index in [1.54, 1.807) is 12.1 Å². The van der Waals surface area contributed by atoms with Gasteiger partial charge < -0.3 is 19.6 Å². The summed E-state index contributed by atoms with van der Waals surface area (Å²) in [5.74, 6) is 1.52. The number of aryl methyl sites for hydroxylation is 1. The van der Waals surface area contributed by atoms with Gasteiger partial charge in [-0.3, -0.25) is 9.59 Å². The molecule has 1 aliphatic carbocycles. The number of anilines is 1. The lowest BCUT2D eigenvalue weighted by Crippen LogP contribution is -2.51. The number of aromatic nitrogens is 2. The molecule has 0 spiro atoms. The number of rotatable bonds is 6. The van der Waals surface area contributed by atoms with Crippen molar-refractivity contribution < 1.29 is 14.1 Å². The molecule has 8 heteroatoms. The molecule has 1 aliphatic heterocycles. The maximum absolute atomic E-state index is 12.6. The minimum atomic E-state index is -0.228. The second-order valence-corrected chi connectivity index (χ2v) is 9.05. The number of amides is 2. The van der Waals surface area contributed by atoms with Crippen LogP contribution in [0.5, 0.6) is 0 Å². The molecule has 1 saturated carbocycles. The summed E-state index contributed by atoms with van der Waals surface area (Å²) in [6, 6.07) is 15.5. The van der Waals surface area contributed by atoms with Gasteiger partial charge in [0, 0.05) is 48.9 Å². The zero-order valence-electron chi connectivity index (χ0n) is 19.4. The molecular weight excluding hydrogens is 430 g/mol. The molecule has 0 radical (unpaired) electrons. The zero-order chi connectivity index (χ0) is 23.5. The Morgan fingerprint density at radius 3 is 2.35 bits per heavy atom. The van der Waals surface area contributed by atoms with Gasteiger partial charge in [-0.25, -0.2) is 0 Å². The fraction of sp³-hybridized carbons (Fsp3) is 0.385. The minimum Gasteiger partial charge on any atom is -0.368 e. The van der Waals surface area contributed by atoms with Crippen molar-refractivity contribution in [3.05, 3.63) is 65.5 Å². The molecule has 2 aliphatic rings. The second-order valence-electron chi connectivity index (χ2n) is 9.05. The summed E-state index contributed by atoms with van der Waals surface area (Å²) in [5.41, 5.74) is 3.70. The van der Waals surface area contributed by atoms with E-state index in [0.717, 1.165) is 48.6 Å². The second kappa shape index (κ2) is 9.67. The highest BCUT2D eigenvalue weighted by atomic mass is 16.5. The molecule has 176 valence electrons. The maximum Gasteiger partial charge on any atom is 0.251 e. The van der Waals surface area contributed by atoms with E-state index >= 15 is 0 Å². The molecule has 0 unspecified atom stereocenters. The van der Waals surface area contributed by atoms with Crippen molar-refractivity contribution >= 4 is 17.5 Å². The van der Waals surface area contributed by atoms with Gasteiger partial charge in [0.1, 0.15) is 0 Å². The number of nitrogens with zero attached hydrogens (tertiary/aromatic N) is 4. The smallest absolute Gasteiger partial charge is 0.251 e. The Morgan fingerprint density at radius 1 is 1.00 bits per heavy atom. The first-order valence-corrected chi connectivity index (χ1v) is 11.9. The van der Waals surface area contributed by atoms with E-state index in [2.05, 4.69) is 32.5 Å². The Bertz CT molecular complexity index is 1140. The first-order chi connectivity index (χ1) is 16.6. The van der Waals surface area contributed by atoms with E-state index in [1.165, 1.54) is 6.42 Å². The van der Waals surface area contributed by atoms with Crippen molar-refractivity contribution in [2.24, 2.45) is 0 Å². The standard InChI is InChI=1S/C26H29N5O3/c1-18-5-7-20(8-6-18)25(33)27-17-23(32)31-15-13-30(14-16-31)22-11-9-19(10-12-22)24-28-26(34-29-24)21-3-2-4-21/h5-12,21H,2-4,13-17H2,1H3,(H,27,33). The van der Waals surface area contributed by atoms with E-state index in [4.69, 9.17) is 4.52 Å². The summed E-state index contributed by atoms with van der Waals surface area (Å²) in [7, 11) is 0. The van der Waals surface area contributed by atoms with Gasteiger partial charge in [-0.2, -0.15) is 4.98 Å². The number of carbonyl (C=O) groups excluding carboxylic acids is 2. The fourth-order valence-electron chi connectivity index (χ4n) is 4.28. The molecule has 0 atom stereocenters. The lowest BCUT2D eigenvalue weighted by atomic mass is 9.85. The van der Waals surface area contributed by atoms with Crippen molar-refractivity contribution in [1.82, 2.24) is 20.4 Å². The monoisotopic (exact) mass is 459 g/mol. The predicted molar refractivity (Wildman–Crippen MR) is 129 cm³/mol. The van der Waals surface area contributed by atoms with E-state index in [1.807, 2.05) is 36.1 Å². The lowest BCUT2D eigenvalue weighted by Gasteiger charge is -2.36. The molecular formula is C26H29N5O3. The van der Waals surface area contributed by atoms with Crippen LogP contribution in [-0.4, -0.2) is 59.6 Å². The van der Waals surface area contributed by atoms with Crippen LogP contribution in [0.2, 0.25) is 0 Å². The van der Waals surface area contributed by atoms with Crippen LogP contribution in [0.15, 0.2) is 53.1 Å². The summed E-state index contributed by atoms with van der Waals surface area (Å²) in [4.78, 5) is 33.5. The molecule has 2 amide bonds. The van der Waals surface area contributed by atoms with E-state index in [0.29, 0.717) is 30.4 Å². The number of piperazine rings is 1. The van der Waals surface area contributed by atoms with E-state index < -0.39 is 0 Å². The Kier molecular flexibility index (Phi) is 6.29. The van der Waals surface area contributed by atoms with E-state index in [9.17, 15) is 9.59 Å². The number of nitrogens with one attached hydrogen (secondary N) is 1. The summed E-state index contributed by atoms with van der Waals surface area (Å²) in [6.45, 7) is 4.71. The Balaban J connectivity index is 1.10. The largest absolute Gasteiger partial charge is 0.368 e. The maximum atomic E-state index is 12.6. The number of carbonyl (C=O) groups is 2. The van der Waals surface area contributed by atoms with E-state index in [-0.39, 0.29) is 18.4 Å². The van der Waals surface area contributed by atoms with Crippen molar-refractivity contribution in [3.63, 3.8) is 0 Å². The molecule has 34 heavy (non-hydrogen) atoms. The highest BCUT2D eigenvalue weighted by molar-refractivity contribution is 5.96. The predicted octanol–water partition coefficient (Wildman–Crippen LogP) is 3.39. The van der Waals surface area contributed by atoms with Gasteiger partial charge in [0.15, 0.2) is 0 Å². The van der Waals surface area contributed by atoms with Crippen LogP contribution in [0.1, 0.15) is 47.0 Å². The third kappa shape index (κ3) is 4.81. The lowest BCUT2D eigenvalue weighted by molar-refractivity contribution is -0.130. The Labute approximate surface area is 198 Å². The Morgan fingerprint density at radius 2 is 1.71 bits per heavy atom. The third-order valence-electron chi connectivity index (χ3n) is 6.73. The quantitative estimate of drug-likeness (QED) is 0.608. The molecule has 5 rings (SSSR count). The topological polar surface area (TPSA) is 91.6 Å². The summed E-state index contributed by atoms with van der Waals surface area (Å²) in [5, 5.41) is 6.87. The number of hydrogen-bond donors (Lipinski definition) is 1. The first kappa shape index (κ1) is 22.1. The zero-order valence-corrected chi connectivity index (χ0v) is 19.4. The van der Waals surface area contributed by atoms with Crippen LogP contribution in [0.3, 0.4) is 0 Å². The number of hydrogen-bond acceptors (Lipinski definition) is 6. The van der Waals surface area contributed by atoms with Gasteiger partial charge in [0.05, 0.1) is 6.54 Å². The SMILES string of the molecule is Cc1ccc(C(=O)NCC(=O)N2CCN(c3ccc(-c4noc(C5CCC5)n4)cc3)CC2)cc1. The van der Waals surface area contributed by atoms with Gasteiger partial charge in [0.2, 0.25) is 17.6 Å². The summed E-state index contributed by atoms with van der Waals surface area (Å²) >= 11 is 0. The summed E-state index contributed by atoms with van der Waals surface area (Å²) in [6.07, 6.45) is 3.50. The molecule has 3 aromatic rings. The highest BCUT2D eigenvalue weighted by Crippen LogP contribution is 2.36. The van der Waals surface area contributed by atoms with Crippen LogP contribution >= 0.6 is 0 Å². The van der Waals surface area contributed by atoms with Crippen LogP contribution in [0.25, 0.3) is 11.4 Å². The van der Waals surface area contributed by atoms with Crippen molar-refractivity contribution in [2.75, 3.05) is 37.6 Å². The molecule has 1 aromatic heterocycles. The number of benzene rings is 2. The van der Waals surface area contributed by atoms with Crippen LogP contribution in [0, 0.1) is 6.92 Å². The molecule has 8 nitrogen and oxygen atoms in total. The van der Waals surface area contributed by atoms with Crippen LogP contribution in [0.4, 0.5) is 5.69 Å². The van der Waals surface area contributed by atoms with Gasteiger partial charge in [0.25, 0.3) is 5.91 Å². The third-order valence-corrected chi connectivity index (χ3v) is 6.73. The normalized spacial score (nSPS) is 16.3. The highest BCUT2D eigenvalue weighted by Gasteiger charge is 2.26. The van der Waals surface area contributed by atoms with Crippen molar-refractivity contribution in [3.8, 4) is 11.4 Å². The minimum absolute atomic E-state index is 0.00888. The van der Waals surface area contributed by atoms with Gasteiger partial charge >= 0.3 is 0 Å². The first-order valence-electron chi connectivity index (χ1n) is 11.9.